The molecule has 0 bridgehead atoms. The van der Waals surface area contributed by atoms with Crippen molar-refractivity contribution in [3.63, 3.8) is 0 Å². The minimum absolute atomic E-state index is 0.117. The fourth-order valence-corrected chi connectivity index (χ4v) is 4.07. The van der Waals surface area contributed by atoms with Gasteiger partial charge in [-0.25, -0.2) is 4.98 Å². The van der Waals surface area contributed by atoms with Crippen LogP contribution in [0.5, 0.6) is 5.75 Å². The molecule has 5 heteroatoms. The van der Waals surface area contributed by atoms with Gasteiger partial charge < -0.3 is 10.1 Å². The average molecular weight is 408 g/mol. The van der Waals surface area contributed by atoms with Gasteiger partial charge in [0.1, 0.15) is 22.9 Å². The lowest BCUT2D eigenvalue weighted by atomic mass is 9.82. The van der Waals surface area contributed by atoms with Gasteiger partial charge in [0.15, 0.2) is 0 Å². The number of anilines is 1. The molecule has 1 N–H and O–H groups in total. The van der Waals surface area contributed by atoms with Crippen LogP contribution in [-0.4, -0.2) is 20.9 Å². The average Bonchev–Trinajstić information content (AvgIpc) is 2.98. The Bertz CT molecular complexity index is 1010. The largest absolute Gasteiger partial charge is 0.427 e. The number of hydrogen-bond acceptors (Lipinski definition) is 4. The van der Waals surface area contributed by atoms with E-state index in [1.807, 2.05) is 55.6 Å². The quantitative estimate of drug-likeness (QED) is 0.367. The third kappa shape index (κ3) is 5.41. The summed E-state index contributed by atoms with van der Waals surface area (Å²) in [5, 5.41) is 3.74. The van der Waals surface area contributed by atoms with Gasteiger partial charge in [0, 0.05) is 23.7 Å². The molecule has 160 valence electrons. The van der Waals surface area contributed by atoms with Crippen LogP contribution >= 0.6 is 0 Å². The number of nitrogens with zero attached hydrogens (tertiary/aromatic N) is 2. The zero-order valence-corrected chi connectivity index (χ0v) is 19.0. The lowest BCUT2D eigenvalue weighted by Gasteiger charge is -2.34. The number of aromatic nitrogens is 2. The molecule has 0 aliphatic carbocycles. The first-order chi connectivity index (χ1) is 14.1. The van der Waals surface area contributed by atoms with E-state index >= 15 is 0 Å². The van der Waals surface area contributed by atoms with Crippen molar-refractivity contribution >= 4 is 17.4 Å². The maximum absolute atomic E-state index is 11.8. The fourth-order valence-electron chi connectivity index (χ4n) is 4.07. The van der Waals surface area contributed by atoms with E-state index < -0.39 is 0 Å². The SMILES string of the molecule is CCCC(=O)Oc1ccc(-c2nc3ccccn3c2NC(C)(C)CC(C)(C)C)cc1. The predicted octanol–water partition coefficient (Wildman–Crippen LogP) is 6.33. The van der Waals surface area contributed by atoms with Gasteiger partial charge >= 0.3 is 5.97 Å². The molecule has 2 heterocycles. The standard InChI is InChI=1S/C25H33N3O2/c1-7-10-21(29)30-19-14-12-18(13-15-19)22-23(27-25(5,6)17-24(2,3)4)28-16-9-8-11-20(28)26-22/h8-9,11-16,27H,7,10,17H2,1-6H3. The number of carbonyl (C=O) groups is 1. The lowest BCUT2D eigenvalue weighted by Crippen LogP contribution is -2.36. The molecule has 0 saturated carbocycles. The first-order valence-corrected chi connectivity index (χ1v) is 10.6. The number of pyridine rings is 1. The van der Waals surface area contributed by atoms with Gasteiger partial charge in [-0.1, -0.05) is 33.8 Å². The molecule has 0 atom stereocenters. The third-order valence-electron chi connectivity index (χ3n) is 4.77. The second kappa shape index (κ2) is 8.50. The van der Waals surface area contributed by atoms with Crippen LogP contribution in [0.4, 0.5) is 5.82 Å². The van der Waals surface area contributed by atoms with Crippen molar-refractivity contribution in [1.29, 1.82) is 0 Å². The molecule has 0 unspecified atom stereocenters. The number of rotatable bonds is 7. The van der Waals surface area contributed by atoms with Crippen LogP contribution in [0.1, 0.15) is 60.8 Å². The molecule has 1 aromatic carbocycles. The molecule has 5 nitrogen and oxygen atoms in total. The highest BCUT2D eigenvalue weighted by Crippen LogP contribution is 2.35. The Morgan fingerprint density at radius 1 is 1.07 bits per heavy atom. The predicted molar refractivity (Wildman–Crippen MR) is 123 cm³/mol. The molecule has 0 fully saturated rings. The van der Waals surface area contributed by atoms with E-state index in [0.717, 1.165) is 35.6 Å². The number of carbonyl (C=O) groups excluding carboxylic acids is 1. The molecular weight excluding hydrogens is 374 g/mol. The molecule has 3 rings (SSSR count). The van der Waals surface area contributed by atoms with Crippen LogP contribution < -0.4 is 10.1 Å². The molecule has 0 spiro atoms. The normalized spacial score (nSPS) is 12.2. The van der Waals surface area contributed by atoms with Gasteiger partial charge in [0.05, 0.1) is 0 Å². The zero-order chi connectivity index (χ0) is 21.9. The number of esters is 1. The summed E-state index contributed by atoms with van der Waals surface area (Å²) in [6.45, 7) is 13.2. The van der Waals surface area contributed by atoms with Crippen LogP contribution in [0.3, 0.4) is 0 Å². The van der Waals surface area contributed by atoms with E-state index in [9.17, 15) is 4.79 Å². The summed E-state index contributed by atoms with van der Waals surface area (Å²) in [4.78, 5) is 16.6. The molecule has 0 aliphatic heterocycles. The molecular formula is C25H33N3O2. The van der Waals surface area contributed by atoms with Crippen LogP contribution in [0, 0.1) is 5.41 Å². The second-order valence-corrected chi connectivity index (χ2v) is 9.73. The Morgan fingerprint density at radius 2 is 1.77 bits per heavy atom. The Balaban J connectivity index is 1.96. The Morgan fingerprint density at radius 3 is 2.40 bits per heavy atom. The summed E-state index contributed by atoms with van der Waals surface area (Å²) in [5.74, 6) is 1.32. The highest BCUT2D eigenvalue weighted by Gasteiger charge is 2.28. The number of imidazole rings is 1. The first kappa shape index (κ1) is 21.9. The zero-order valence-electron chi connectivity index (χ0n) is 19.0. The minimum Gasteiger partial charge on any atom is -0.427 e. The Hall–Kier alpha value is -2.82. The fraction of sp³-hybridized carbons (Fsp3) is 0.440. The number of ether oxygens (including phenoxy) is 1. The molecule has 30 heavy (non-hydrogen) atoms. The highest BCUT2D eigenvalue weighted by molar-refractivity contribution is 5.78. The van der Waals surface area contributed by atoms with Gasteiger partial charge in [-0.2, -0.15) is 0 Å². The second-order valence-electron chi connectivity index (χ2n) is 9.73. The van der Waals surface area contributed by atoms with Crippen LogP contribution in [0.2, 0.25) is 0 Å². The molecule has 0 amide bonds. The highest BCUT2D eigenvalue weighted by atomic mass is 16.5. The maximum Gasteiger partial charge on any atom is 0.311 e. The van der Waals surface area contributed by atoms with Gasteiger partial charge in [0.25, 0.3) is 0 Å². The first-order valence-electron chi connectivity index (χ1n) is 10.6. The Kier molecular flexibility index (Phi) is 6.20. The number of fused-ring (bicyclic) bond motifs is 1. The number of benzene rings is 1. The summed E-state index contributed by atoms with van der Waals surface area (Å²) < 4.78 is 7.48. The molecule has 2 aromatic heterocycles. The number of nitrogens with one attached hydrogen (secondary N) is 1. The van der Waals surface area contributed by atoms with E-state index in [1.54, 1.807) is 0 Å². The summed E-state index contributed by atoms with van der Waals surface area (Å²) in [7, 11) is 0. The van der Waals surface area contributed by atoms with Crippen molar-refractivity contribution in [2.24, 2.45) is 5.41 Å². The molecule has 0 saturated heterocycles. The topological polar surface area (TPSA) is 55.6 Å². The maximum atomic E-state index is 11.8. The summed E-state index contributed by atoms with van der Waals surface area (Å²) in [5.41, 5.74) is 2.83. The van der Waals surface area contributed by atoms with Gasteiger partial charge in [-0.3, -0.25) is 9.20 Å². The van der Waals surface area contributed by atoms with E-state index in [2.05, 4.69) is 44.3 Å². The van der Waals surface area contributed by atoms with E-state index in [4.69, 9.17) is 9.72 Å². The van der Waals surface area contributed by atoms with Gasteiger partial charge in [-0.05, 0) is 68.5 Å². The van der Waals surface area contributed by atoms with E-state index in [-0.39, 0.29) is 16.9 Å². The lowest BCUT2D eigenvalue weighted by molar-refractivity contribution is -0.134. The van der Waals surface area contributed by atoms with Crippen molar-refractivity contribution in [1.82, 2.24) is 9.38 Å². The van der Waals surface area contributed by atoms with Crippen molar-refractivity contribution in [2.75, 3.05) is 5.32 Å². The molecule has 3 aromatic rings. The van der Waals surface area contributed by atoms with E-state index in [0.29, 0.717) is 12.2 Å². The summed E-state index contributed by atoms with van der Waals surface area (Å²) in [6.07, 6.45) is 4.23. The minimum atomic E-state index is -0.204. The van der Waals surface area contributed by atoms with E-state index in [1.165, 1.54) is 0 Å². The van der Waals surface area contributed by atoms with Crippen molar-refractivity contribution in [3.8, 4) is 17.0 Å². The van der Waals surface area contributed by atoms with Gasteiger partial charge in [-0.15, -0.1) is 0 Å². The smallest absolute Gasteiger partial charge is 0.311 e. The van der Waals surface area contributed by atoms with Crippen LogP contribution in [-0.2, 0) is 4.79 Å². The van der Waals surface area contributed by atoms with Crippen LogP contribution in [0.25, 0.3) is 16.9 Å². The van der Waals surface area contributed by atoms with Crippen molar-refractivity contribution < 1.29 is 9.53 Å². The van der Waals surface area contributed by atoms with Crippen molar-refractivity contribution in [2.45, 2.75) is 66.3 Å². The monoisotopic (exact) mass is 407 g/mol. The summed E-state index contributed by atoms with van der Waals surface area (Å²) >= 11 is 0. The molecule has 0 radical (unpaired) electrons. The van der Waals surface area contributed by atoms with Crippen molar-refractivity contribution in [3.05, 3.63) is 48.7 Å². The summed E-state index contributed by atoms with van der Waals surface area (Å²) in [6, 6.07) is 13.6. The third-order valence-corrected chi connectivity index (χ3v) is 4.77. The number of hydrogen-bond donors (Lipinski definition) is 1. The van der Waals surface area contributed by atoms with Crippen LogP contribution in [0.15, 0.2) is 48.7 Å². The molecule has 0 aliphatic rings. The Labute approximate surface area is 179 Å². The van der Waals surface area contributed by atoms with Gasteiger partial charge in [0.2, 0.25) is 0 Å².